The van der Waals surface area contributed by atoms with E-state index in [1.807, 2.05) is 0 Å². The van der Waals surface area contributed by atoms with Crippen molar-refractivity contribution in [3.63, 3.8) is 0 Å². The third-order valence-corrected chi connectivity index (χ3v) is 4.46. The maximum atomic E-state index is 4.87. The maximum absolute atomic E-state index is 4.87. The first-order valence-corrected chi connectivity index (χ1v) is 8.23. The Labute approximate surface area is 130 Å². The third kappa shape index (κ3) is 4.19. The number of pyridine rings is 1. The van der Waals surface area contributed by atoms with Crippen molar-refractivity contribution in [1.82, 2.24) is 10.3 Å². The second-order valence-corrected chi connectivity index (χ2v) is 7.54. The normalized spacial score (nSPS) is 16.5. The molecule has 0 amide bonds. The Morgan fingerprint density at radius 1 is 1.24 bits per heavy atom. The van der Waals surface area contributed by atoms with Gasteiger partial charge in [-0.25, -0.2) is 4.98 Å². The van der Waals surface area contributed by atoms with E-state index in [1.165, 1.54) is 42.6 Å². The van der Waals surface area contributed by atoms with Crippen molar-refractivity contribution in [1.29, 1.82) is 0 Å². The summed E-state index contributed by atoms with van der Waals surface area (Å²) in [5, 5.41) is 3.62. The van der Waals surface area contributed by atoms with E-state index in [0.29, 0.717) is 6.04 Å². The van der Waals surface area contributed by atoms with E-state index in [1.54, 1.807) is 0 Å². The van der Waals surface area contributed by atoms with Gasteiger partial charge in [0.2, 0.25) is 0 Å². The minimum absolute atomic E-state index is 0.126. The molecule has 1 aliphatic carbocycles. The molecule has 1 N–H and O–H groups in total. The van der Waals surface area contributed by atoms with Crippen LogP contribution in [0.4, 0.5) is 5.82 Å². The number of rotatable bonds is 4. The van der Waals surface area contributed by atoms with Crippen LogP contribution in [0, 0.1) is 13.8 Å². The molecule has 0 aromatic carbocycles. The van der Waals surface area contributed by atoms with E-state index in [4.69, 9.17) is 4.98 Å². The lowest BCUT2D eigenvalue weighted by atomic mass is 10.0. The van der Waals surface area contributed by atoms with E-state index in [9.17, 15) is 0 Å². The van der Waals surface area contributed by atoms with Gasteiger partial charge < -0.3 is 10.2 Å². The van der Waals surface area contributed by atoms with Crippen LogP contribution in [0.25, 0.3) is 0 Å². The second-order valence-electron chi connectivity index (χ2n) is 7.54. The van der Waals surface area contributed by atoms with E-state index < -0.39 is 0 Å². The summed E-state index contributed by atoms with van der Waals surface area (Å²) in [6.45, 7) is 11.8. The maximum Gasteiger partial charge on any atom is 0.133 e. The van der Waals surface area contributed by atoms with Gasteiger partial charge in [0.1, 0.15) is 5.82 Å². The zero-order chi connectivity index (χ0) is 15.6. The predicted molar refractivity (Wildman–Crippen MR) is 91.0 cm³/mol. The highest BCUT2D eigenvalue weighted by molar-refractivity contribution is 5.52. The first-order valence-electron chi connectivity index (χ1n) is 8.23. The molecule has 1 aliphatic rings. The Hall–Kier alpha value is -1.09. The first kappa shape index (κ1) is 16.3. The Morgan fingerprint density at radius 2 is 1.86 bits per heavy atom. The monoisotopic (exact) mass is 289 g/mol. The van der Waals surface area contributed by atoms with Gasteiger partial charge in [-0.05, 0) is 59.1 Å². The summed E-state index contributed by atoms with van der Waals surface area (Å²) in [7, 11) is 2.22. The van der Waals surface area contributed by atoms with Gasteiger partial charge in [-0.2, -0.15) is 0 Å². The lowest BCUT2D eigenvalue weighted by molar-refractivity contribution is 0.423. The van der Waals surface area contributed by atoms with Gasteiger partial charge in [-0.3, -0.25) is 0 Å². The van der Waals surface area contributed by atoms with E-state index in [2.05, 4.69) is 57.9 Å². The summed E-state index contributed by atoms with van der Waals surface area (Å²) in [5.41, 5.74) is 3.94. The van der Waals surface area contributed by atoms with Crippen molar-refractivity contribution < 1.29 is 0 Å². The van der Waals surface area contributed by atoms with Crippen LogP contribution in [0.1, 0.15) is 63.3 Å². The Morgan fingerprint density at radius 3 is 2.43 bits per heavy atom. The smallest absolute Gasteiger partial charge is 0.133 e. The second kappa shape index (κ2) is 6.35. The Bertz CT molecular complexity index is 482. The van der Waals surface area contributed by atoms with Crippen LogP contribution < -0.4 is 10.2 Å². The number of aromatic nitrogens is 1. The van der Waals surface area contributed by atoms with Crippen LogP contribution in [0.15, 0.2) is 6.07 Å². The average molecular weight is 289 g/mol. The number of hydrogen-bond acceptors (Lipinski definition) is 3. The molecule has 118 valence electrons. The lowest BCUT2D eigenvalue weighted by Crippen LogP contribution is -2.37. The molecule has 0 unspecified atom stereocenters. The zero-order valence-electron chi connectivity index (χ0n) is 14.6. The number of hydrogen-bond donors (Lipinski definition) is 1. The molecular formula is C18H31N3. The molecule has 2 rings (SSSR count). The molecule has 0 aliphatic heterocycles. The molecule has 1 saturated carbocycles. The summed E-state index contributed by atoms with van der Waals surface area (Å²) >= 11 is 0. The van der Waals surface area contributed by atoms with Crippen LogP contribution >= 0.6 is 0 Å². The Balaban J connectivity index is 2.29. The van der Waals surface area contributed by atoms with Gasteiger partial charge in [0.25, 0.3) is 0 Å². The number of nitrogens with one attached hydrogen (secondary N) is 1. The third-order valence-electron chi connectivity index (χ3n) is 4.46. The fourth-order valence-electron chi connectivity index (χ4n) is 3.17. The molecular weight excluding hydrogens is 258 g/mol. The van der Waals surface area contributed by atoms with E-state index >= 15 is 0 Å². The predicted octanol–water partition coefficient (Wildman–Crippen LogP) is 3.97. The molecule has 1 heterocycles. The van der Waals surface area contributed by atoms with Gasteiger partial charge in [0.15, 0.2) is 0 Å². The van der Waals surface area contributed by atoms with Crippen molar-refractivity contribution in [2.24, 2.45) is 0 Å². The van der Waals surface area contributed by atoms with Gasteiger partial charge in [-0.15, -0.1) is 0 Å². The van der Waals surface area contributed by atoms with Gasteiger partial charge in [0.05, 0.1) is 0 Å². The fraction of sp³-hybridized carbons (Fsp3) is 0.722. The van der Waals surface area contributed by atoms with Gasteiger partial charge in [-0.1, -0.05) is 12.8 Å². The summed E-state index contributed by atoms with van der Waals surface area (Å²) in [6.07, 6.45) is 5.32. The Kier molecular flexibility index (Phi) is 4.92. The SMILES string of the molecule is Cc1cc(C)c(CNC(C)(C)C)c(N(C)C2CCCC2)n1. The molecule has 0 atom stereocenters. The molecule has 21 heavy (non-hydrogen) atoms. The fourth-order valence-corrected chi connectivity index (χ4v) is 3.17. The van der Waals surface area contributed by atoms with Crippen molar-refractivity contribution >= 4 is 5.82 Å². The van der Waals surface area contributed by atoms with Gasteiger partial charge in [0, 0.05) is 36.4 Å². The van der Waals surface area contributed by atoms with Crippen LogP contribution in [-0.2, 0) is 6.54 Å². The molecule has 0 spiro atoms. The van der Waals surface area contributed by atoms with Crippen molar-refractivity contribution in [3.05, 3.63) is 22.9 Å². The number of nitrogens with zero attached hydrogens (tertiary/aromatic N) is 2. The van der Waals surface area contributed by atoms with Crippen LogP contribution in [-0.4, -0.2) is 23.6 Å². The summed E-state index contributed by atoms with van der Waals surface area (Å²) in [5.74, 6) is 1.18. The van der Waals surface area contributed by atoms with Gasteiger partial charge >= 0.3 is 0 Å². The molecule has 0 bridgehead atoms. The molecule has 1 aromatic rings. The quantitative estimate of drug-likeness (QED) is 0.909. The molecule has 1 aromatic heterocycles. The molecule has 0 radical (unpaired) electrons. The van der Waals surface area contributed by atoms with E-state index in [-0.39, 0.29) is 5.54 Å². The van der Waals surface area contributed by atoms with Crippen LogP contribution in [0.5, 0.6) is 0 Å². The summed E-state index contributed by atoms with van der Waals surface area (Å²) < 4.78 is 0. The van der Waals surface area contributed by atoms with E-state index in [0.717, 1.165) is 12.2 Å². The minimum Gasteiger partial charge on any atom is -0.356 e. The largest absolute Gasteiger partial charge is 0.356 e. The highest BCUT2D eigenvalue weighted by atomic mass is 15.2. The standard InChI is InChI=1S/C18H31N3/c1-13-11-14(2)20-17(16(13)12-19-18(3,4)5)21(6)15-9-7-8-10-15/h11,15,19H,7-10,12H2,1-6H3. The summed E-state index contributed by atoms with van der Waals surface area (Å²) in [6, 6.07) is 2.86. The molecule has 1 fully saturated rings. The lowest BCUT2D eigenvalue weighted by Gasteiger charge is -2.30. The first-order chi connectivity index (χ1) is 9.78. The van der Waals surface area contributed by atoms with Crippen LogP contribution in [0.2, 0.25) is 0 Å². The number of aryl methyl sites for hydroxylation is 2. The topological polar surface area (TPSA) is 28.2 Å². The van der Waals surface area contributed by atoms with Crippen molar-refractivity contribution in [2.45, 2.75) is 78.4 Å². The summed E-state index contributed by atoms with van der Waals surface area (Å²) in [4.78, 5) is 7.29. The average Bonchev–Trinajstić information content (AvgIpc) is 2.88. The molecule has 3 heteroatoms. The zero-order valence-corrected chi connectivity index (χ0v) is 14.6. The minimum atomic E-state index is 0.126. The molecule has 0 saturated heterocycles. The highest BCUT2D eigenvalue weighted by Crippen LogP contribution is 2.30. The number of anilines is 1. The van der Waals surface area contributed by atoms with Crippen LogP contribution in [0.3, 0.4) is 0 Å². The van der Waals surface area contributed by atoms with Crippen molar-refractivity contribution in [3.8, 4) is 0 Å². The van der Waals surface area contributed by atoms with Crippen molar-refractivity contribution in [2.75, 3.05) is 11.9 Å². The molecule has 3 nitrogen and oxygen atoms in total. The highest BCUT2D eigenvalue weighted by Gasteiger charge is 2.24.